The second-order valence-corrected chi connectivity index (χ2v) is 9.50. The summed E-state index contributed by atoms with van der Waals surface area (Å²) in [5.41, 5.74) is 4.79. The summed E-state index contributed by atoms with van der Waals surface area (Å²) in [5.74, 6) is -1.73. The van der Waals surface area contributed by atoms with Crippen molar-refractivity contribution in [2.45, 2.75) is 51.4 Å². The van der Waals surface area contributed by atoms with Crippen LogP contribution in [-0.4, -0.2) is 56.3 Å². The smallest absolute Gasteiger partial charge is 0.419 e. The van der Waals surface area contributed by atoms with E-state index in [9.17, 15) is 27.5 Å². The highest BCUT2D eigenvalue weighted by Crippen LogP contribution is 2.36. The van der Waals surface area contributed by atoms with Gasteiger partial charge in [-0.15, -0.1) is 0 Å². The second-order valence-electron chi connectivity index (χ2n) is 9.50. The number of rotatable bonds is 8. The Morgan fingerprint density at radius 3 is 2.58 bits per heavy atom. The van der Waals surface area contributed by atoms with Gasteiger partial charge in [-0.1, -0.05) is 13.8 Å². The molecule has 1 fully saturated rings. The van der Waals surface area contributed by atoms with E-state index in [1.165, 1.54) is 12.4 Å². The van der Waals surface area contributed by atoms with Crippen LogP contribution in [0.1, 0.15) is 54.4 Å². The van der Waals surface area contributed by atoms with Gasteiger partial charge in [-0.3, -0.25) is 0 Å². The average molecular weight is 536 g/mol. The predicted octanol–water partition coefficient (Wildman–Crippen LogP) is 4.16. The molecule has 3 aromatic rings. The Labute approximate surface area is 216 Å². The van der Waals surface area contributed by atoms with Crippen molar-refractivity contribution in [3.05, 3.63) is 53.5 Å². The molecule has 38 heavy (non-hydrogen) atoms. The van der Waals surface area contributed by atoms with Crippen LogP contribution in [0, 0.1) is 5.82 Å². The van der Waals surface area contributed by atoms with Gasteiger partial charge >= 0.3 is 12.1 Å². The largest absolute Gasteiger partial charge is 0.477 e. The quantitative estimate of drug-likeness (QED) is 0.368. The monoisotopic (exact) mass is 535 g/mol. The van der Waals surface area contributed by atoms with Crippen LogP contribution in [0.3, 0.4) is 0 Å². The highest BCUT2D eigenvalue weighted by molar-refractivity contribution is 5.98. The van der Waals surface area contributed by atoms with Crippen LogP contribution in [0.25, 0.3) is 11.3 Å². The molecule has 9 nitrogen and oxygen atoms in total. The van der Waals surface area contributed by atoms with Gasteiger partial charge < -0.3 is 25.6 Å². The molecule has 4 rings (SSSR count). The maximum Gasteiger partial charge on any atom is 0.419 e. The lowest BCUT2D eigenvalue weighted by Gasteiger charge is -2.33. The molecule has 1 aliphatic rings. The number of nitrogens with two attached hydrogens (primary N) is 1. The fraction of sp³-hybridized carbons (Fsp3) is 0.440. The van der Waals surface area contributed by atoms with E-state index in [4.69, 9.17) is 10.7 Å². The first-order valence-corrected chi connectivity index (χ1v) is 12.2. The first kappa shape index (κ1) is 27.3. The zero-order chi connectivity index (χ0) is 27.6. The third-order valence-corrected chi connectivity index (χ3v) is 6.51. The maximum atomic E-state index is 13.9. The number of alkyl halides is 3. The molecule has 2 aromatic heterocycles. The highest BCUT2D eigenvalue weighted by atomic mass is 19.4. The molecule has 0 radical (unpaired) electrons. The Bertz CT molecular complexity index is 1300. The third kappa shape index (κ3) is 5.87. The number of benzene rings is 1. The number of piperidine rings is 1. The van der Waals surface area contributed by atoms with E-state index in [2.05, 4.69) is 15.3 Å². The topological polar surface area (TPSA) is 122 Å². The molecule has 1 aliphatic heterocycles. The van der Waals surface area contributed by atoms with Gasteiger partial charge in [0.25, 0.3) is 0 Å². The number of halogens is 4. The molecule has 0 unspecified atom stereocenters. The molecule has 204 valence electrons. The molecule has 0 atom stereocenters. The van der Waals surface area contributed by atoms with Crippen molar-refractivity contribution in [3.63, 3.8) is 0 Å². The normalized spacial score (nSPS) is 14.9. The lowest BCUT2D eigenvalue weighted by molar-refractivity contribution is -0.139. The fourth-order valence-electron chi connectivity index (χ4n) is 4.63. The molecule has 1 aromatic carbocycles. The van der Waals surface area contributed by atoms with Gasteiger partial charge in [-0.05, 0) is 31.0 Å². The number of aromatic nitrogens is 4. The number of imidazole rings is 1. The molecular weight excluding hydrogens is 506 g/mol. The maximum absolute atomic E-state index is 13.9. The zero-order valence-electron chi connectivity index (χ0n) is 21.0. The number of nitrogen functional groups attached to an aromatic ring is 1. The summed E-state index contributed by atoms with van der Waals surface area (Å²) in [5, 5.41) is 12.9. The van der Waals surface area contributed by atoms with Crippen molar-refractivity contribution >= 4 is 17.6 Å². The van der Waals surface area contributed by atoms with Crippen LogP contribution in [0.2, 0.25) is 0 Å². The molecule has 0 aliphatic carbocycles. The molecular formula is C25H29F4N7O2. The summed E-state index contributed by atoms with van der Waals surface area (Å²) in [4.78, 5) is 26.2. The number of carbonyl (C=O) groups is 1. The minimum atomic E-state index is -4.82. The van der Waals surface area contributed by atoms with E-state index < -0.39 is 23.5 Å². The molecule has 0 amide bonds. The predicted molar refractivity (Wildman–Crippen MR) is 133 cm³/mol. The minimum absolute atomic E-state index is 0.0333. The number of hydrogen-bond donors (Lipinski definition) is 3. The van der Waals surface area contributed by atoms with Gasteiger partial charge in [-0.2, -0.15) is 13.2 Å². The number of aromatic carboxylic acids is 1. The van der Waals surface area contributed by atoms with Gasteiger partial charge in [0.2, 0.25) is 0 Å². The van der Waals surface area contributed by atoms with Gasteiger partial charge in [0, 0.05) is 49.9 Å². The number of carboxylic acids is 1. The van der Waals surface area contributed by atoms with Crippen molar-refractivity contribution < 1.29 is 27.5 Å². The zero-order valence-corrected chi connectivity index (χ0v) is 21.0. The van der Waals surface area contributed by atoms with Crippen molar-refractivity contribution in [1.82, 2.24) is 24.8 Å². The van der Waals surface area contributed by atoms with Crippen molar-refractivity contribution in [2.24, 2.45) is 0 Å². The lowest BCUT2D eigenvalue weighted by Crippen LogP contribution is -2.36. The van der Waals surface area contributed by atoms with Crippen molar-refractivity contribution in [2.75, 3.05) is 30.3 Å². The third-order valence-electron chi connectivity index (χ3n) is 6.51. The molecule has 4 N–H and O–H groups in total. The summed E-state index contributed by atoms with van der Waals surface area (Å²) in [6.07, 6.45) is -0.687. The van der Waals surface area contributed by atoms with Crippen LogP contribution >= 0.6 is 0 Å². The molecule has 0 saturated carbocycles. The van der Waals surface area contributed by atoms with Crippen LogP contribution in [0.4, 0.5) is 29.2 Å². The Balaban J connectivity index is 1.61. The molecule has 0 bridgehead atoms. The minimum Gasteiger partial charge on any atom is -0.477 e. The first-order valence-electron chi connectivity index (χ1n) is 12.2. The Hall–Kier alpha value is -3.74. The van der Waals surface area contributed by atoms with E-state index in [0.29, 0.717) is 50.5 Å². The lowest BCUT2D eigenvalue weighted by atomic mass is 9.95. The van der Waals surface area contributed by atoms with E-state index in [1.807, 2.05) is 23.3 Å². The standard InChI is InChI=1S/C25H29F4N7O2/c1-14(2)31-7-10-36-12-19(16-3-4-18(26)17(11-16)25(27,28)29)34-22(36)15-5-8-35(9-6-15)23-20(24(37)38)21(30)32-13-33-23/h3-4,11-15,31H,5-10H2,1-2H3,(H,37,38)(H2,30,32,33). The molecule has 13 heteroatoms. The fourth-order valence-corrected chi connectivity index (χ4v) is 4.63. The van der Waals surface area contributed by atoms with Crippen molar-refractivity contribution in [3.8, 4) is 11.3 Å². The Morgan fingerprint density at radius 2 is 1.95 bits per heavy atom. The summed E-state index contributed by atoms with van der Waals surface area (Å²) in [7, 11) is 0. The molecule has 3 heterocycles. The summed E-state index contributed by atoms with van der Waals surface area (Å²) in [6, 6.07) is 3.14. The van der Waals surface area contributed by atoms with Gasteiger partial charge in [-0.25, -0.2) is 24.1 Å². The first-order chi connectivity index (χ1) is 18.0. The van der Waals surface area contributed by atoms with Crippen molar-refractivity contribution in [1.29, 1.82) is 0 Å². The van der Waals surface area contributed by atoms with Crippen LogP contribution < -0.4 is 16.0 Å². The number of anilines is 2. The number of nitrogens with one attached hydrogen (secondary N) is 1. The highest BCUT2D eigenvalue weighted by Gasteiger charge is 2.35. The van der Waals surface area contributed by atoms with Crippen LogP contribution in [0.5, 0.6) is 0 Å². The Morgan fingerprint density at radius 1 is 1.24 bits per heavy atom. The van der Waals surface area contributed by atoms with Gasteiger partial charge in [0.15, 0.2) is 0 Å². The Kier molecular flexibility index (Phi) is 7.86. The van der Waals surface area contributed by atoms with E-state index in [1.54, 1.807) is 6.20 Å². The summed E-state index contributed by atoms with van der Waals surface area (Å²) in [6.45, 7) is 6.14. The van der Waals surface area contributed by atoms with Gasteiger partial charge in [0.1, 0.15) is 35.2 Å². The van der Waals surface area contributed by atoms with E-state index >= 15 is 0 Å². The number of carboxylic acid groups (broad SMARTS) is 1. The SMILES string of the molecule is CC(C)NCCn1cc(-c2ccc(F)c(C(F)(F)F)c2)nc1C1CCN(c2ncnc(N)c2C(=O)O)CC1. The van der Waals surface area contributed by atoms with Gasteiger partial charge in [0.05, 0.1) is 11.3 Å². The van der Waals surface area contributed by atoms with E-state index in [-0.39, 0.29) is 34.7 Å². The second kappa shape index (κ2) is 10.9. The number of nitrogens with zero attached hydrogens (tertiary/aromatic N) is 5. The molecule has 1 saturated heterocycles. The number of hydrogen-bond acceptors (Lipinski definition) is 7. The van der Waals surface area contributed by atoms with Crippen LogP contribution in [-0.2, 0) is 12.7 Å². The summed E-state index contributed by atoms with van der Waals surface area (Å²) < 4.78 is 55.7. The van der Waals surface area contributed by atoms with E-state index in [0.717, 1.165) is 12.1 Å². The summed E-state index contributed by atoms with van der Waals surface area (Å²) >= 11 is 0. The molecule has 0 spiro atoms. The average Bonchev–Trinajstić information content (AvgIpc) is 3.27. The van der Waals surface area contributed by atoms with Crippen LogP contribution in [0.15, 0.2) is 30.7 Å².